The topological polar surface area (TPSA) is 0 Å². The molecular weight excluding hydrogens is 215 g/mol. The van der Waals surface area contributed by atoms with Gasteiger partial charge >= 0.3 is 0 Å². The maximum absolute atomic E-state index is 2.86. The largest absolute Gasteiger partial charge is 0.122 e. The van der Waals surface area contributed by atoms with Crippen LogP contribution in [0.25, 0.3) is 0 Å². The standard InChI is InChI=1S/C17H32B/c1-4-12-16(2,3)17(13-8-5-9-14-17)18-15-10-6-7-11-15/h15H,4-14H2,1-3H3. The Kier molecular flexibility index (Phi) is 4.83. The molecule has 0 spiro atoms. The van der Waals surface area contributed by atoms with Crippen molar-refractivity contribution in [2.45, 2.75) is 103 Å². The van der Waals surface area contributed by atoms with Crippen LogP contribution in [0.4, 0.5) is 0 Å². The van der Waals surface area contributed by atoms with Crippen LogP contribution >= 0.6 is 0 Å². The third kappa shape index (κ3) is 2.97. The lowest BCUT2D eigenvalue weighted by Crippen LogP contribution is -2.39. The van der Waals surface area contributed by atoms with E-state index in [4.69, 9.17) is 0 Å². The fraction of sp³-hybridized carbons (Fsp3) is 1.00. The predicted molar refractivity (Wildman–Crippen MR) is 82.4 cm³/mol. The van der Waals surface area contributed by atoms with Crippen molar-refractivity contribution in [3.8, 4) is 0 Å². The molecule has 2 aliphatic rings. The molecule has 18 heavy (non-hydrogen) atoms. The predicted octanol–water partition coefficient (Wildman–Crippen LogP) is 6.00. The second-order valence-corrected chi connectivity index (χ2v) is 7.56. The third-order valence-corrected chi connectivity index (χ3v) is 5.92. The Morgan fingerprint density at radius 3 is 2.17 bits per heavy atom. The molecule has 2 rings (SSSR count). The number of hydrogen-bond acceptors (Lipinski definition) is 0. The quantitative estimate of drug-likeness (QED) is 0.522. The fourth-order valence-electron chi connectivity index (χ4n) is 4.70. The molecule has 0 N–H and O–H groups in total. The highest BCUT2D eigenvalue weighted by Gasteiger charge is 2.46. The van der Waals surface area contributed by atoms with E-state index in [9.17, 15) is 0 Å². The molecule has 2 aliphatic carbocycles. The highest BCUT2D eigenvalue weighted by atomic mass is 14.4. The molecule has 0 atom stereocenters. The van der Waals surface area contributed by atoms with Crippen LogP contribution in [0.3, 0.4) is 0 Å². The number of rotatable bonds is 5. The van der Waals surface area contributed by atoms with Gasteiger partial charge in [-0.05, 0) is 11.8 Å². The van der Waals surface area contributed by atoms with Crippen LogP contribution < -0.4 is 0 Å². The smallest absolute Gasteiger partial charge is 0.0682 e. The molecule has 0 heterocycles. The van der Waals surface area contributed by atoms with E-state index >= 15 is 0 Å². The Hall–Kier alpha value is 0.0649. The van der Waals surface area contributed by atoms with E-state index in [0.717, 1.165) is 5.82 Å². The molecule has 0 aromatic carbocycles. The zero-order valence-electron chi connectivity index (χ0n) is 12.9. The van der Waals surface area contributed by atoms with E-state index in [1.165, 1.54) is 70.6 Å². The SMILES string of the molecule is CCCC(C)(C)C1([B]C2CCCC2)CCCCC1. The average Bonchev–Trinajstić information content (AvgIpc) is 2.83. The first kappa shape index (κ1) is 14.5. The molecule has 0 saturated heterocycles. The van der Waals surface area contributed by atoms with E-state index < -0.39 is 0 Å². The summed E-state index contributed by atoms with van der Waals surface area (Å²) in [7, 11) is 2.86. The average molecular weight is 247 g/mol. The minimum Gasteiger partial charge on any atom is -0.0682 e. The molecule has 103 valence electrons. The summed E-state index contributed by atoms with van der Waals surface area (Å²) in [6.45, 7) is 7.45. The second-order valence-electron chi connectivity index (χ2n) is 7.56. The van der Waals surface area contributed by atoms with Crippen LogP contribution in [0.15, 0.2) is 0 Å². The van der Waals surface area contributed by atoms with Crippen molar-refractivity contribution in [1.82, 2.24) is 0 Å². The summed E-state index contributed by atoms with van der Waals surface area (Å²) in [5.74, 6) is 0.944. The molecule has 0 aliphatic heterocycles. The Labute approximate surface area is 116 Å². The van der Waals surface area contributed by atoms with Crippen LogP contribution in [0.1, 0.15) is 91.4 Å². The molecule has 1 heteroatoms. The van der Waals surface area contributed by atoms with Crippen LogP contribution in [0.2, 0.25) is 11.1 Å². The van der Waals surface area contributed by atoms with Gasteiger partial charge in [-0.25, -0.2) is 0 Å². The molecule has 0 aromatic heterocycles. The van der Waals surface area contributed by atoms with Crippen molar-refractivity contribution in [2.24, 2.45) is 5.41 Å². The number of hydrogen-bond donors (Lipinski definition) is 0. The molecule has 1 radical (unpaired) electrons. The summed E-state index contributed by atoms with van der Waals surface area (Å²) in [5.41, 5.74) is 0.519. The molecule has 0 nitrogen and oxygen atoms in total. The van der Waals surface area contributed by atoms with Gasteiger partial charge in [-0.2, -0.15) is 0 Å². The van der Waals surface area contributed by atoms with Gasteiger partial charge in [-0.3, -0.25) is 0 Å². The van der Waals surface area contributed by atoms with Crippen LogP contribution in [-0.4, -0.2) is 7.28 Å². The van der Waals surface area contributed by atoms with Gasteiger partial charge in [0, 0.05) is 0 Å². The van der Waals surface area contributed by atoms with E-state index in [0.29, 0.717) is 10.7 Å². The van der Waals surface area contributed by atoms with Gasteiger partial charge in [-0.15, -0.1) is 0 Å². The minimum atomic E-state index is 0.519. The molecular formula is C17H32B. The maximum Gasteiger partial charge on any atom is 0.122 e. The van der Waals surface area contributed by atoms with Crippen LogP contribution in [-0.2, 0) is 0 Å². The van der Waals surface area contributed by atoms with E-state index in [1.807, 2.05) is 0 Å². The van der Waals surface area contributed by atoms with Crippen molar-refractivity contribution in [2.75, 3.05) is 0 Å². The zero-order chi connectivity index (χ0) is 13.1. The molecule has 2 saturated carbocycles. The fourth-order valence-corrected chi connectivity index (χ4v) is 4.70. The summed E-state index contributed by atoms with van der Waals surface area (Å²) in [6.07, 6.45) is 16.0. The highest BCUT2D eigenvalue weighted by molar-refractivity contribution is 6.42. The van der Waals surface area contributed by atoms with Crippen molar-refractivity contribution in [1.29, 1.82) is 0 Å². The van der Waals surface area contributed by atoms with E-state index in [2.05, 4.69) is 28.1 Å². The van der Waals surface area contributed by atoms with Gasteiger partial charge in [0.25, 0.3) is 0 Å². The third-order valence-electron chi connectivity index (χ3n) is 5.92. The highest BCUT2D eigenvalue weighted by Crippen LogP contribution is 2.59. The summed E-state index contributed by atoms with van der Waals surface area (Å²) in [5, 5.41) is 0.566. The second kappa shape index (κ2) is 6.01. The zero-order valence-corrected chi connectivity index (χ0v) is 12.9. The Morgan fingerprint density at radius 2 is 1.61 bits per heavy atom. The first-order valence-corrected chi connectivity index (χ1v) is 8.46. The van der Waals surface area contributed by atoms with Gasteiger partial charge < -0.3 is 0 Å². The van der Waals surface area contributed by atoms with Gasteiger partial charge in [0.2, 0.25) is 0 Å². The monoisotopic (exact) mass is 247 g/mol. The van der Waals surface area contributed by atoms with Crippen molar-refractivity contribution in [3.05, 3.63) is 0 Å². The maximum atomic E-state index is 2.86. The van der Waals surface area contributed by atoms with Gasteiger partial charge in [-0.1, -0.05) is 96.1 Å². The van der Waals surface area contributed by atoms with Gasteiger partial charge in [0.1, 0.15) is 7.28 Å². The molecule has 0 amide bonds. The Morgan fingerprint density at radius 1 is 1.00 bits per heavy atom. The van der Waals surface area contributed by atoms with Crippen LogP contribution in [0, 0.1) is 5.41 Å². The lowest BCUT2D eigenvalue weighted by atomic mass is 9.34. The minimum absolute atomic E-state index is 0.519. The normalized spacial score (nSPS) is 25.3. The van der Waals surface area contributed by atoms with E-state index in [-0.39, 0.29) is 0 Å². The molecule has 0 bridgehead atoms. The van der Waals surface area contributed by atoms with Crippen molar-refractivity contribution in [3.63, 3.8) is 0 Å². The molecule has 2 fully saturated rings. The lowest BCUT2D eigenvalue weighted by molar-refractivity contribution is 0.158. The summed E-state index contributed by atoms with van der Waals surface area (Å²) < 4.78 is 0. The van der Waals surface area contributed by atoms with Crippen molar-refractivity contribution < 1.29 is 0 Å². The Bertz CT molecular complexity index is 244. The summed E-state index contributed by atoms with van der Waals surface area (Å²) in [6, 6.07) is 0. The summed E-state index contributed by atoms with van der Waals surface area (Å²) in [4.78, 5) is 0. The molecule has 0 unspecified atom stereocenters. The first-order chi connectivity index (χ1) is 8.60. The van der Waals surface area contributed by atoms with E-state index in [1.54, 1.807) is 0 Å². The van der Waals surface area contributed by atoms with Crippen molar-refractivity contribution >= 4 is 7.28 Å². The first-order valence-electron chi connectivity index (χ1n) is 8.46. The lowest BCUT2D eigenvalue weighted by Gasteiger charge is -2.51. The summed E-state index contributed by atoms with van der Waals surface area (Å²) >= 11 is 0. The Balaban J connectivity index is 2.10. The van der Waals surface area contributed by atoms with Crippen LogP contribution in [0.5, 0.6) is 0 Å². The molecule has 0 aromatic rings. The van der Waals surface area contributed by atoms with Gasteiger partial charge in [0.15, 0.2) is 0 Å². The van der Waals surface area contributed by atoms with Gasteiger partial charge in [0.05, 0.1) is 0 Å².